The van der Waals surface area contributed by atoms with Crippen LogP contribution in [0.4, 0.5) is 26.0 Å². The van der Waals surface area contributed by atoms with Crippen LogP contribution in [0.3, 0.4) is 0 Å². The molecular formula is C18H11F2N5O. The second-order valence-corrected chi connectivity index (χ2v) is 5.15. The molecule has 0 saturated carbocycles. The fourth-order valence-corrected chi connectivity index (χ4v) is 2.15. The van der Waals surface area contributed by atoms with Gasteiger partial charge in [0.15, 0.2) is 11.6 Å². The molecule has 8 heteroatoms. The van der Waals surface area contributed by atoms with Gasteiger partial charge in [0.1, 0.15) is 23.9 Å². The van der Waals surface area contributed by atoms with Crippen molar-refractivity contribution < 1.29 is 13.6 Å². The van der Waals surface area contributed by atoms with Crippen molar-refractivity contribution >= 4 is 23.1 Å². The minimum atomic E-state index is -1.00. The third-order valence-electron chi connectivity index (χ3n) is 3.39. The molecule has 26 heavy (non-hydrogen) atoms. The maximum atomic E-state index is 13.3. The summed E-state index contributed by atoms with van der Waals surface area (Å²) in [5, 5.41) is 14.4. The number of para-hydroxylation sites is 1. The molecule has 0 aliphatic carbocycles. The van der Waals surface area contributed by atoms with E-state index in [4.69, 9.17) is 5.26 Å². The average Bonchev–Trinajstić information content (AvgIpc) is 2.65. The van der Waals surface area contributed by atoms with Gasteiger partial charge in [-0.05, 0) is 24.3 Å². The monoisotopic (exact) mass is 351 g/mol. The van der Waals surface area contributed by atoms with Gasteiger partial charge in [-0.3, -0.25) is 4.79 Å². The average molecular weight is 351 g/mol. The number of benzene rings is 2. The number of aromatic nitrogens is 2. The summed E-state index contributed by atoms with van der Waals surface area (Å²) in [6, 6.07) is 13.2. The van der Waals surface area contributed by atoms with Crippen LogP contribution in [0.5, 0.6) is 0 Å². The SMILES string of the molecule is N#Cc1ccccc1NC(=O)c1cc(Nc2ccc(F)c(F)c2)ncn1. The van der Waals surface area contributed by atoms with Crippen molar-refractivity contribution in [2.75, 3.05) is 10.6 Å². The van der Waals surface area contributed by atoms with Crippen LogP contribution in [-0.2, 0) is 0 Å². The molecule has 2 N–H and O–H groups in total. The first-order chi connectivity index (χ1) is 12.6. The Hall–Kier alpha value is -3.86. The number of nitrogens with zero attached hydrogens (tertiary/aromatic N) is 3. The lowest BCUT2D eigenvalue weighted by atomic mass is 10.2. The van der Waals surface area contributed by atoms with E-state index in [-0.39, 0.29) is 17.2 Å². The molecule has 2 aromatic carbocycles. The minimum absolute atomic E-state index is 0.0397. The van der Waals surface area contributed by atoms with E-state index in [1.807, 2.05) is 6.07 Å². The molecule has 1 amide bonds. The van der Waals surface area contributed by atoms with Crippen molar-refractivity contribution in [2.24, 2.45) is 0 Å². The Balaban J connectivity index is 1.79. The quantitative estimate of drug-likeness (QED) is 0.749. The number of carbonyl (C=O) groups is 1. The third kappa shape index (κ3) is 3.79. The van der Waals surface area contributed by atoms with Gasteiger partial charge in [0.05, 0.1) is 11.3 Å². The second-order valence-electron chi connectivity index (χ2n) is 5.15. The molecule has 0 unspecified atom stereocenters. The Bertz CT molecular complexity index is 1020. The lowest BCUT2D eigenvalue weighted by molar-refractivity contribution is 0.102. The topological polar surface area (TPSA) is 90.7 Å². The molecule has 0 aliphatic rings. The first-order valence-electron chi connectivity index (χ1n) is 7.41. The number of anilines is 3. The van der Waals surface area contributed by atoms with Gasteiger partial charge < -0.3 is 10.6 Å². The standard InChI is InChI=1S/C18H11F2N5O/c19-13-6-5-12(7-14(13)20)24-17-8-16(22-10-23-17)18(26)25-15-4-2-1-3-11(15)9-21/h1-8,10H,(H,25,26)(H,22,23,24). The molecule has 0 bridgehead atoms. The molecule has 0 fully saturated rings. The molecule has 0 saturated heterocycles. The summed E-state index contributed by atoms with van der Waals surface area (Å²) in [6.07, 6.45) is 1.16. The summed E-state index contributed by atoms with van der Waals surface area (Å²) in [4.78, 5) is 20.2. The molecule has 6 nitrogen and oxygen atoms in total. The van der Waals surface area contributed by atoms with E-state index in [1.54, 1.807) is 24.3 Å². The van der Waals surface area contributed by atoms with Gasteiger partial charge in [-0.1, -0.05) is 12.1 Å². The van der Waals surface area contributed by atoms with E-state index in [2.05, 4.69) is 20.6 Å². The number of halogens is 2. The lowest BCUT2D eigenvalue weighted by Gasteiger charge is -2.08. The highest BCUT2D eigenvalue weighted by Gasteiger charge is 2.12. The zero-order valence-corrected chi connectivity index (χ0v) is 13.2. The van der Waals surface area contributed by atoms with E-state index in [0.717, 1.165) is 18.5 Å². The number of nitrogens with one attached hydrogen (secondary N) is 2. The highest BCUT2D eigenvalue weighted by molar-refractivity contribution is 6.03. The number of hydrogen-bond donors (Lipinski definition) is 2. The minimum Gasteiger partial charge on any atom is -0.340 e. The first-order valence-corrected chi connectivity index (χ1v) is 7.41. The third-order valence-corrected chi connectivity index (χ3v) is 3.39. The molecule has 1 heterocycles. The van der Waals surface area contributed by atoms with Gasteiger partial charge in [0.2, 0.25) is 0 Å². The van der Waals surface area contributed by atoms with Gasteiger partial charge in [-0.15, -0.1) is 0 Å². The van der Waals surface area contributed by atoms with Crippen LogP contribution < -0.4 is 10.6 Å². The molecule has 0 spiro atoms. The Morgan fingerprint density at radius 1 is 1.04 bits per heavy atom. The highest BCUT2D eigenvalue weighted by Crippen LogP contribution is 2.19. The molecule has 0 atom stereocenters. The van der Waals surface area contributed by atoms with Crippen molar-refractivity contribution in [2.45, 2.75) is 0 Å². The Morgan fingerprint density at radius 2 is 1.85 bits per heavy atom. The summed E-state index contributed by atoms with van der Waals surface area (Å²) < 4.78 is 26.2. The van der Waals surface area contributed by atoms with Gasteiger partial charge in [0.25, 0.3) is 5.91 Å². The second kappa shape index (κ2) is 7.36. The van der Waals surface area contributed by atoms with Gasteiger partial charge in [-0.2, -0.15) is 5.26 Å². The van der Waals surface area contributed by atoms with E-state index >= 15 is 0 Å². The van der Waals surface area contributed by atoms with Crippen molar-refractivity contribution in [1.29, 1.82) is 5.26 Å². The predicted molar refractivity (Wildman–Crippen MR) is 90.8 cm³/mol. The normalized spacial score (nSPS) is 10.0. The molecule has 0 radical (unpaired) electrons. The highest BCUT2D eigenvalue weighted by atomic mass is 19.2. The fraction of sp³-hybridized carbons (Fsp3) is 0. The zero-order valence-electron chi connectivity index (χ0n) is 13.2. The van der Waals surface area contributed by atoms with Crippen LogP contribution in [0.1, 0.15) is 16.1 Å². The van der Waals surface area contributed by atoms with Crippen LogP contribution in [0, 0.1) is 23.0 Å². The summed E-state index contributed by atoms with van der Waals surface area (Å²) in [6.45, 7) is 0. The van der Waals surface area contributed by atoms with Crippen molar-refractivity contribution in [3.8, 4) is 6.07 Å². The largest absolute Gasteiger partial charge is 0.340 e. The Morgan fingerprint density at radius 3 is 2.62 bits per heavy atom. The maximum absolute atomic E-state index is 13.3. The molecule has 1 aromatic heterocycles. The van der Waals surface area contributed by atoms with Gasteiger partial charge >= 0.3 is 0 Å². The van der Waals surface area contributed by atoms with Crippen molar-refractivity contribution in [3.05, 3.63) is 77.8 Å². The van der Waals surface area contributed by atoms with Gasteiger partial charge in [-0.25, -0.2) is 18.7 Å². The van der Waals surface area contributed by atoms with Crippen LogP contribution >= 0.6 is 0 Å². The molecule has 3 aromatic rings. The van der Waals surface area contributed by atoms with Crippen molar-refractivity contribution in [1.82, 2.24) is 9.97 Å². The number of amides is 1. The lowest BCUT2D eigenvalue weighted by Crippen LogP contribution is -2.15. The number of rotatable bonds is 4. The predicted octanol–water partition coefficient (Wildman–Crippen LogP) is 3.62. The number of carbonyl (C=O) groups excluding carboxylic acids is 1. The summed E-state index contributed by atoms with van der Waals surface area (Å²) in [5.74, 6) is -2.28. The van der Waals surface area contributed by atoms with E-state index in [9.17, 15) is 13.6 Å². The summed E-state index contributed by atoms with van der Waals surface area (Å²) in [5.41, 5.74) is 0.977. The van der Waals surface area contributed by atoms with Crippen LogP contribution in [-0.4, -0.2) is 15.9 Å². The molecule has 0 aliphatic heterocycles. The Kier molecular flexibility index (Phi) is 4.80. The van der Waals surface area contributed by atoms with Crippen LogP contribution in [0.2, 0.25) is 0 Å². The van der Waals surface area contributed by atoms with Crippen molar-refractivity contribution in [3.63, 3.8) is 0 Å². The Labute approximate surface area is 147 Å². The molecule has 128 valence electrons. The maximum Gasteiger partial charge on any atom is 0.274 e. The van der Waals surface area contributed by atoms with Crippen LogP contribution in [0.15, 0.2) is 54.9 Å². The van der Waals surface area contributed by atoms with E-state index in [0.29, 0.717) is 11.3 Å². The first kappa shape index (κ1) is 17.0. The fourth-order valence-electron chi connectivity index (χ4n) is 2.15. The molecule has 3 rings (SSSR count). The zero-order chi connectivity index (χ0) is 18.5. The van der Waals surface area contributed by atoms with Gasteiger partial charge in [0, 0.05) is 17.8 Å². The van der Waals surface area contributed by atoms with Crippen LogP contribution in [0.25, 0.3) is 0 Å². The van der Waals surface area contributed by atoms with E-state index < -0.39 is 17.5 Å². The number of hydrogen-bond acceptors (Lipinski definition) is 5. The van der Waals surface area contributed by atoms with E-state index in [1.165, 1.54) is 12.1 Å². The summed E-state index contributed by atoms with van der Waals surface area (Å²) >= 11 is 0. The molecular weight excluding hydrogens is 340 g/mol. The number of nitriles is 1. The smallest absolute Gasteiger partial charge is 0.274 e. The summed E-state index contributed by atoms with van der Waals surface area (Å²) in [7, 11) is 0.